The van der Waals surface area contributed by atoms with Gasteiger partial charge < -0.3 is 0 Å². The Bertz CT molecular complexity index is 829. The number of hydrogen-bond donors (Lipinski definition) is 0. The van der Waals surface area contributed by atoms with Crippen molar-refractivity contribution >= 4 is 0 Å². The molecule has 1 atom stereocenters. The van der Waals surface area contributed by atoms with E-state index >= 15 is 0 Å². The molecule has 2 aliphatic rings. The second-order valence-electron chi connectivity index (χ2n) is 11.6. The summed E-state index contributed by atoms with van der Waals surface area (Å²) in [4.78, 5) is 0. The Balaban J connectivity index is 1.11. The van der Waals surface area contributed by atoms with Crippen LogP contribution in [0.25, 0.3) is 0 Å². The van der Waals surface area contributed by atoms with Gasteiger partial charge in [-0.3, -0.25) is 0 Å². The quantitative estimate of drug-likeness (QED) is 0.312. The van der Waals surface area contributed by atoms with Crippen LogP contribution in [0.3, 0.4) is 0 Å². The Labute approximate surface area is 210 Å². The predicted octanol–water partition coefficient (Wildman–Crippen LogP) is 10.2. The smallest absolute Gasteiger partial charge is 0.0162 e. The largest absolute Gasteiger partial charge is 0.0917 e. The SMILES string of the molecule is C/C=C/CCc1ccc(C2CCC(CCC3CCC(CC(C)c4ccccc4)CC3)CC2)cc1. The van der Waals surface area contributed by atoms with Crippen LogP contribution in [0.2, 0.25) is 0 Å². The number of benzene rings is 2. The lowest BCUT2D eigenvalue weighted by Crippen LogP contribution is -2.18. The Morgan fingerprint density at radius 2 is 1.32 bits per heavy atom. The summed E-state index contributed by atoms with van der Waals surface area (Å²) in [7, 11) is 0. The van der Waals surface area contributed by atoms with Crippen molar-refractivity contribution in [2.24, 2.45) is 17.8 Å². The highest BCUT2D eigenvalue weighted by molar-refractivity contribution is 5.26. The van der Waals surface area contributed by atoms with E-state index in [4.69, 9.17) is 0 Å². The molecule has 2 aromatic rings. The molecule has 4 rings (SSSR count). The number of rotatable bonds is 10. The van der Waals surface area contributed by atoms with Crippen LogP contribution in [0.15, 0.2) is 66.7 Å². The number of aryl methyl sites for hydroxylation is 1. The van der Waals surface area contributed by atoms with Crippen molar-refractivity contribution < 1.29 is 0 Å². The van der Waals surface area contributed by atoms with Crippen molar-refractivity contribution in [1.82, 2.24) is 0 Å². The lowest BCUT2D eigenvalue weighted by Gasteiger charge is -2.33. The Morgan fingerprint density at radius 3 is 1.94 bits per heavy atom. The van der Waals surface area contributed by atoms with Gasteiger partial charge in [0, 0.05) is 0 Å². The maximum Gasteiger partial charge on any atom is -0.0162 e. The summed E-state index contributed by atoms with van der Waals surface area (Å²) in [5.74, 6) is 4.48. The molecule has 0 aromatic heterocycles. The van der Waals surface area contributed by atoms with Crippen molar-refractivity contribution in [2.75, 3.05) is 0 Å². The first kappa shape index (κ1) is 25.3. The summed E-state index contributed by atoms with van der Waals surface area (Å²) in [6, 6.07) is 20.8. The van der Waals surface area contributed by atoms with Crippen molar-refractivity contribution in [2.45, 2.75) is 109 Å². The van der Waals surface area contributed by atoms with Gasteiger partial charge in [0.25, 0.3) is 0 Å². The topological polar surface area (TPSA) is 0 Å². The standard InChI is InChI=1S/C34H48/c1-3-4-6-9-28-18-22-33(23-19-28)34-24-20-30(21-25-34)13-12-29-14-16-31(17-15-29)26-27(2)32-10-7-5-8-11-32/h3-5,7-8,10-11,18-19,22-23,27,29-31,34H,6,9,12-17,20-21,24-26H2,1-2H3/b4-3+. The molecular formula is C34H48. The van der Waals surface area contributed by atoms with Crippen LogP contribution in [0.1, 0.15) is 119 Å². The molecule has 0 amide bonds. The highest BCUT2D eigenvalue weighted by atomic mass is 14.3. The van der Waals surface area contributed by atoms with E-state index in [-0.39, 0.29) is 0 Å². The van der Waals surface area contributed by atoms with Gasteiger partial charge in [0.2, 0.25) is 0 Å². The van der Waals surface area contributed by atoms with Gasteiger partial charge in [0.1, 0.15) is 0 Å². The molecule has 0 heterocycles. The third-order valence-electron chi connectivity index (χ3n) is 9.14. The first-order valence-electron chi connectivity index (χ1n) is 14.5. The monoisotopic (exact) mass is 456 g/mol. The fourth-order valence-electron chi connectivity index (χ4n) is 6.80. The molecule has 0 aliphatic heterocycles. The lowest BCUT2D eigenvalue weighted by molar-refractivity contribution is 0.220. The highest BCUT2D eigenvalue weighted by Crippen LogP contribution is 2.41. The van der Waals surface area contributed by atoms with Gasteiger partial charge in [-0.15, -0.1) is 0 Å². The minimum Gasteiger partial charge on any atom is -0.0917 e. The maximum absolute atomic E-state index is 2.43. The maximum atomic E-state index is 2.43. The molecule has 0 spiro atoms. The molecule has 2 fully saturated rings. The second kappa shape index (κ2) is 13.3. The van der Waals surface area contributed by atoms with Crippen molar-refractivity contribution in [3.05, 3.63) is 83.4 Å². The average molecular weight is 457 g/mol. The van der Waals surface area contributed by atoms with Crippen LogP contribution in [0.5, 0.6) is 0 Å². The van der Waals surface area contributed by atoms with Crippen LogP contribution in [-0.2, 0) is 6.42 Å². The highest BCUT2D eigenvalue weighted by Gasteiger charge is 2.26. The third kappa shape index (κ3) is 7.59. The normalized spacial score (nSPS) is 26.5. The molecule has 2 aliphatic carbocycles. The Kier molecular flexibility index (Phi) is 9.90. The summed E-state index contributed by atoms with van der Waals surface area (Å²) >= 11 is 0. The van der Waals surface area contributed by atoms with E-state index in [1.807, 2.05) is 0 Å². The third-order valence-corrected chi connectivity index (χ3v) is 9.14. The van der Waals surface area contributed by atoms with Gasteiger partial charge in [0.15, 0.2) is 0 Å². The van der Waals surface area contributed by atoms with E-state index in [0.717, 1.165) is 30.1 Å². The Hall–Kier alpha value is -1.82. The summed E-state index contributed by atoms with van der Waals surface area (Å²) < 4.78 is 0. The first-order chi connectivity index (χ1) is 16.7. The van der Waals surface area contributed by atoms with E-state index in [9.17, 15) is 0 Å². The summed E-state index contributed by atoms with van der Waals surface area (Å²) in [6.45, 7) is 4.54. The van der Waals surface area contributed by atoms with E-state index < -0.39 is 0 Å². The van der Waals surface area contributed by atoms with Gasteiger partial charge >= 0.3 is 0 Å². The molecule has 0 radical (unpaired) electrons. The molecule has 0 nitrogen and oxygen atoms in total. The molecule has 34 heavy (non-hydrogen) atoms. The molecule has 0 heteroatoms. The average Bonchev–Trinajstić information content (AvgIpc) is 2.90. The van der Waals surface area contributed by atoms with Crippen molar-refractivity contribution in [3.63, 3.8) is 0 Å². The number of hydrogen-bond acceptors (Lipinski definition) is 0. The van der Waals surface area contributed by atoms with E-state index in [2.05, 4.69) is 80.6 Å². The van der Waals surface area contributed by atoms with E-state index in [1.54, 1.807) is 5.56 Å². The number of allylic oxidation sites excluding steroid dienone is 2. The van der Waals surface area contributed by atoms with E-state index in [0.29, 0.717) is 5.92 Å². The zero-order valence-electron chi connectivity index (χ0n) is 21.9. The molecule has 2 saturated carbocycles. The fraction of sp³-hybridized carbons (Fsp3) is 0.588. The molecular weight excluding hydrogens is 408 g/mol. The van der Waals surface area contributed by atoms with Gasteiger partial charge in [-0.2, -0.15) is 0 Å². The van der Waals surface area contributed by atoms with Gasteiger partial charge in [-0.25, -0.2) is 0 Å². The minimum atomic E-state index is 0.715. The van der Waals surface area contributed by atoms with Gasteiger partial charge in [0.05, 0.1) is 0 Å². The molecule has 0 bridgehead atoms. The summed E-state index contributed by atoms with van der Waals surface area (Å²) in [6.07, 6.45) is 22.8. The zero-order chi connectivity index (χ0) is 23.6. The van der Waals surface area contributed by atoms with Crippen LogP contribution < -0.4 is 0 Å². The lowest BCUT2D eigenvalue weighted by atomic mass is 9.73. The van der Waals surface area contributed by atoms with Crippen molar-refractivity contribution in [1.29, 1.82) is 0 Å². The van der Waals surface area contributed by atoms with Gasteiger partial charge in [-0.1, -0.05) is 112 Å². The zero-order valence-corrected chi connectivity index (χ0v) is 21.9. The Morgan fingerprint density at radius 1 is 0.735 bits per heavy atom. The second-order valence-corrected chi connectivity index (χ2v) is 11.6. The van der Waals surface area contributed by atoms with Crippen LogP contribution in [0.4, 0.5) is 0 Å². The molecule has 1 unspecified atom stereocenters. The summed E-state index contributed by atoms with van der Waals surface area (Å²) in [5.41, 5.74) is 4.61. The first-order valence-corrected chi connectivity index (χ1v) is 14.5. The minimum absolute atomic E-state index is 0.715. The van der Waals surface area contributed by atoms with Crippen LogP contribution in [0, 0.1) is 17.8 Å². The van der Waals surface area contributed by atoms with Crippen LogP contribution in [-0.4, -0.2) is 0 Å². The summed E-state index contributed by atoms with van der Waals surface area (Å²) in [5, 5.41) is 0. The molecule has 0 N–H and O–H groups in total. The van der Waals surface area contributed by atoms with Crippen LogP contribution >= 0.6 is 0 Å². The van der Waals surface area contributed by atoms with E-state index in [1.165, 1.54) is 88.2 Å². The van der Waals surface area contributed by atoms with Gasteiger partial charge in [-0.05, 0) is 98.1 Å². The predicted molar refractivity (Wildman–Crippen MR) is 148 cm³/mol. The molecule has 184 valence electrons. The van der Waals surface area contributed by atoms with Crippen molar-refractivity contribution in [3.8, 4) is 0 Å². The molecule has 0 saturated heterocycles. The molecule has 2 aromatic carbocycles. The fourth-order valence-corrected chi connectivity index (χ4v) is 6.80.